The van der Waals surface area contributed by atoms with Gasteiger partial charge in [0.25, 0.3) is 11.8 Å². The van der Waals surface area contributed by atoms with Gasteiger partial charge in [0.2, 0.25) is 0 Å². The van der Waals surface area contributed by atoms with Crippen LogP contribution in [0.1, 0.15) is 34.1 Å². The van der Waals surface area contributed by atoms with Crippen molar-refractivity contribution in [1.29, 1.82) is 0 Å². The van der Waals surface area contributed by atoms with Crippen LogP contribution in [0.2, 0.25) is 0 Å². The Kier molecular flexibility index (Phi) is 6.06. The number of benzene rings is 2. The predicted molar refractivity (Wildman–Crippen MR) is 104 cm³/mol. The molecule has 1 saturated heterocycles. The summed E-state index contributed by atoms with van der Waals surface area (Å²) in [4.78, 5) is 28.8. The molecule has 0 aromatic heterocycles. The molecule has 2 amide bonds. The molecule has 1 heterocycles. The highest BCUT2D eigenvalue weighted by atomic mass is 19.1. The molecule has 0 atom stereocenters. The number of amides is 2. The molecule has 0 bridgehead atoms. The number of hydrogen-bond acceptors (Lipinski definition) is 3. The largest absolute Gasteiger partial charge is 0.368 e. The lowest BCUT2D eigenvalue weighted by Gasteiger charge is -2.36. The number of anilines is 1. The van der Waals surface area contributed by atoms with Crippen LogP contribution in [-0.4, -0.2) is 49.4 Å². The highest BCUT2D eigenvalue weighted by Crippen LogP contribution is 2.18. The molecule has 0 aliphatic carbocycles. The van der Waals surface area contributed by atoms with Crippen LogP contribution in [-0.2, 0) is 0 Å². The Hall–Kier alpha value is -2.89. The van der Waals surface area contributed by atoms with Gasteiger partial charge < -0.3 is 15.1 Å². The summed E-state index contributed by atoms with van der Waals surface area (Å²) in [6.45, 7) is 5.15. The van der Waals surface area contributed by atoms with Gasteiger partial charge in [-0.25, -0.2) is 4.39 Å². The number of carbonyl (C=O) groups excluding carboxylic acids is 2. The fourth-order valence-corrected chi connectivity index (χ4v) is 3.14. The monoisotopic (exact) mass is 369 g/mol. The fraction of sp³-hybridized carbons (Fsp3) is 0.333. The van der Waals surface area contributed by atoms with Crippen molar-refractivity contribution < 1.29 is 14.0 Å². The summed E-state index contributed by atoms with van der Waals surface area (Å²) in [5.74, 6) is -0.484. The zero-order valence-corrected chi connectivity index (χ0v) is 15.5. The molecule has 6 heteroatoms. The molecule has 3 rings (SSSR count). The van der Waals surface area contributed by atoms with Gasteiger partial charge in [0.05, 0.1) is 0 Å². The third-order valence-corrected chi connectivity index (χ3v) is 4.67. The molecule has 0 saturated carbocycles. The fourth-order valence-electron chi connectivity index (χ4n) is 3.14. The van der Waals surface area contributed by atoms with Crippen molar-refractivity contribution in [2.75, 3.05) is 37.6 Å². The second kappa shape index (κ2) is 8.66. The Morgan fingerprint density at radius 2 is 1.67 bits per heavy atom. The average Bonchev–Trinajstić information content (AvgIpc) is 2.72. The molecular formula is C21H24FN3O2. The molecule has 27 heavy (non-hydrogen) atoms. The van der Waals surface area contributed by atoms with Crippen molar-refractivity contribution in [3.05, 3.63) is 65.5 Å². The first-order valence-electron chi connectivity index (χ1n) is 9.26. The molecule has 142 valence electrons. The summed E-state index contributed by atoms with van der Waals surface area (Å²) >= 11 is 0. The predicted octanol–water partition coefficient (Wildman–Crippen LogP) is 2.93. The van der Waals surface area contributed by atoms with E-state index in [9.17, 15) is 14.0 Å². The van der Waals surface area contributed by atoms with E-state index in [4.69, 9.17) is 0 Å². The lowest BCUT2D eigenvalue weighted by molar-refractivity contribution is 0.0747. The van der Waals surface area contributed by atoms with Crippen LogP contribution in [0, 0.1) is 5.82 Å². The summed E-state index contributed by atoms with van der Waals surface area (Å²) in [6, 6.07) is 13.3. The smallest absolute Gasteiger partial charge is 0.253 e. The first kappa shape index (κ1) is 18.9. The maximum absolute atomic E-state index is 13.1. The Labute approximate surface area is 158 Å². The number of hydrogen-bond donors (Lipinski definition) is 1. The van der Waals surface area contributed by atoms with Crippen LogP contribution in [0.25, 0.3) is 0 Å². The van der Waals surface area contributed by atoms with Crippen LogP contribution in [0.5, 0.6) is 0 Å². The van der Waals surface area contributed by atoms with E-state index in [2.05, 4.69) is 10.2 Å². The molecule has 1 N–H and O–H groups in total. The molecular weight excluding hydrogens is 345 g/mol. The van der Waals surface area contributed by atoms with Crippen molar-refractivity contribution in [2.45, 2.75) is 13.3 Å². The minimum absolute atomic E-state index is 0.0705. The first-order valence-corrected chi connectivity index (χ1v) is 9.26. The summed E-state index contributed by atoms with van der Waals surface area (Å²) in [5, 5.41) is 2.83. The third-order valence-electron chi connectivity index (χ3n) is 4.67. The van der Waals surface area contributed by atoms with Gasteiger partial charge in [-0.05, 0) is 48.9 Å². The van der Waals surface area contributed by atoms with E-state index in [1.807, 2.05) is 6.92 Å². The van der Waals surface area contributed by atoms with Crippen molar-refractivity contribution >= 4 is 17.5 Å². The summed E-state index contributed by atoms with van der Waals surface area (Å²) in [6.07, 6.45) is 0.864. The number of nitrogens with zero attached hydrogens (tertiary/aromatic N) is 2. The maximum atomic E-state index is 13.1. The lowest BCUT2D eigenvalue weighted by atomic mass is 10.1. The van der Waals surface area contributed by atoms with Crippen LogP contribution in [0.3, 0.4) is 0 Å². The maximum Gasteiger partial charge on any atom is 0.253 e. The van der Waals surface area contributed by atoms with Gasteiger partial charge in [-0.1, -0.05) is 13.0 Å². The number of halogens is 1. The first-order chi connectivity index (χ1) is 13.1. The molecule has 1 aliphatic heterocycles. The van der Waals surface area contributed by atoms with Crippen molar-refractivity contribution in [2.24, 2.45) is 0 Å². The Morgan fingerprint density at radius 3 is 2.33 bits per heavy atom. The van der Waals surface area contributed by atoms with E-state index < -0.39 is 0 Å². The number of carbonyl (C=O) groups is 2. The Morgan fingerprint density at radius 1 is 1.00 bits per heavy atom. The SMILES string of the molecule is CCCNC(=O)c1cccc(C(=O)N2CCN(c3ccc(F)cc3)CC2)c1. The summed E-state index contributed by atoms with van der Waals surface area (Å²) < 4.78 is 13.1. The number of nitrogens with one attached hydrogen (secondary N) is 1. The van der Waals surface area contributed by atoms with Crippen LogP contribution in [0.15, 0.2) is 48.5 Å². The number of piperazine rings is 1. The van der Waals surface area contributed by atoms with Crippen LogP contribution < -0.4 is 10.2 Å². The van der Waals surface area contributed by atoms with E-state index in [0.29, 0.717) is 43.9 Å². The third kappa shape index (κ3) is 4.64. The molecule has 2 aromatic carbocycles. The van der Waals surface area contributed by atoms with E-state index in [1.54, 1.807) is 41.3 Å². The Bertz CT molecular complexity index is 799. The zero-order chi connectivity index (χ0) is 19.2. The van der Waals surface area contributed by atoms with E-state index >= 15 is 0 Å². The molecule has 0 unspecified atom stereocenters. The lowest BCUT2D eigenvalue weighted by Crippen LogP contribution is -2.48. The summed E-state index contributed by atoms with van der Waals surface area (Å²) in [7, 11) is 0. The van der Waals surface area contributed by atoms with Gasteiger partial charge in [-0.3, -0.25) is 9.59 Å². The van der Waals surface area contributed by atoms with Crippen LogP contribution in [0.4, 0.5) is 10.1 Å². The minimum atomic E-state index is -0.254. The molecule has 2 aromatic rings. The molecule has 1 aliphatic rings. The van der Waals surface area contributed by atoms with E-state index in [-0.39, 0.29) is 17.6 Å². The van der Waals surface area contributed by atoms with E-state index in [0.717, 1.165) is 12.1 Å². The van der Waals surface area contributed by atoms with Gasteiger partial charge in [0.1, 0.15) is 5.82 Å². The highest BCUT2D eigenvalue weighted by molar-refractivity contribution is 5.99. The molecule has 0 spiro atoms. The summed E-state index contributed by atoms with van der Waals surface area (Å²) in [5.41, 5.74) is 1.98. The zero-order valence-electron chi connectivity index (χ0n) is 15.5. The standard InChI is InChI=1S/C21H24FN3O2/c1-2-10-23-20(26)16-4-3-5-17(15-16)21(27)25-13-11-24(12-14-25)19-8-6-18(22)7-9-19/h3-9,15H,2,10-14H2,1H3,(H,23,26). The quantitative estimate of drug-likeness (QED) is 0.882. The van der Waals surface area contributed by atoms with Crippen molar-refractivity contribution in [3.63, 3.8) is 0 Å². The second-order valence-corrected chi connectivity index (χ2v) is 6.59. The molecule has 0 radical (unpaired) electrons. The molecule has 5 nitrogen and oxygen atoms in total. The van der Waals surface area contributed by atoms with Gasteiger partial charge in [-0.2, -0.15) is 0 Å². The Balaban J connectivity index is 1.62. The van der Waals surface area contributed by atoms with Crippen molar-refractivity contribution in [1.82, 2.24) is 10.2 Å². The minimum Gasteiger partial charge on any atom is -0.368 e. The molecule has 1 fully saturated rings. The van der Waals surface area contributed by atoms with Crippen molar-refractivity contribution in [3.8, 4) is 0 Å². The highest BCUT2D eigenvalue weighted by Gasteiger charge is 2.23. The average molecular weight is 369 g/mol. The van der Waals surface area contributed by atoms with Gasteiger partial charge >= 0.3 is 0 Å². The topological polar surface area (TPSA) is 52.7 Å². The van der Waals surface area contributed by atoms with Crippen LogP contribution >= 0.6 is 0 Å². The van der Waals surface area contributed by atoms with E-state index in [1.165, 1.54) is 12.1 Å². The van der Waals surface area contributed by atoms with Gasteiger partial charge in [-0.15, -0.1) is 0 Å². The second-order valence-electron chi connectivity index (χ2n) is 6.59. The number of rotatable bonds is 5. The van der Waals surface area contributed by atoms with Gasteiger partial charge in [0, 0.05) is 49.5 Å². The normalized spacial score (nSPS) is 14.1. The van der Waals surface area contributed by atoms with Gasteiger partial charge in [0.15, 0.2) is 0 Å².